The van der Waals surface area contributed by atoms with Crippen LogP contribution in [0.5, 0.6) is 0 Å². The first-order chi connectivity index (χ1) is 6.34. The van der Waals surface area contributed by atoms with Gasteiger partial charge in [-0.25, -0.2) is 4.98 Å². The van der Waals surface area contributed by atoms with Gasteiger partial charge in [0.2, 0.25) is 0 Å². The number of aromatic nitrogens is 1. The molecule has 0 bridgehead atoms. The summed E-state index contributed by atoms with van der Waals surface area (Å²) < 4.78 is 15.9. The molecular formula is C8H12N2O2S. The van der Waals surface area contributed by atoms with Crippen molar-refractivity contribution in [3.63, 3.8) is 0 Å². The Morgan fingerprint density at radius 1 is 1.54 bits per heavy atom. The van der Waals surface area contributed by atoms with E-state index in [1.807, 2.05) is 0 Å². The van der Waals surface area contributed by atoms with Crippen LogP contribution in [0.2, 0.25) is 0 Å². The Bertz CT molecular complexity index is 276. The molecule has 2 rings (SSSR count). The van der Waals surface area contributed by atoms with Crippen LogP contribution in [0.1, 0.15) is 5.69 Å². The number of nitrogens with zero attached hydrogens (tertiary/aromatic N) is 2. The standard InChI is InChI=1S/C8H12N2O2S/c11-13-3-1-10(2-4-13)5-8-6-12-7-9-8/h6-7H,1-5H2. The molecule has 1 fully saturated rings. The molecular weight excluding hydrogens is 188 g/mol. The molecule has 1 aromatic heterocycles. The second kappa shape index (κ2) is 4.02. The molecule has 1 aliphatic rings. The third-order valence-corrected chi connectivity index (χ3v) is 3.42. The van der Waals surface area contributed by atoms with E-state index in [0.717, 1.165) is 36.8 Å². The lowest BCUT2D eigenvalue weighted by Crippen LogP contribution is -2.37. The van der Waals surface area contributed by atoms with E-state index in [0.29, 0.717) is 0 Å². The van der Waals surface area contributed by atoms with Gasteiger partial charge in [-0.2, -0.15) is 0 Å². The zero-order valence-corrected chi connectivity index (χ0v) is 8.13. The van der Waals surface area contributed by atoms with Crippen molar-refractivity contribution >= 4 is 10.8 Å². The molecule has 0 unspecified atom stereocenters. The van der Waals surface area contributed by atoms with E-state index in [2.05, 4.69) is 9.88 Å². The van der Waals surface area contributed by atoms with E-state index in [9.17, 15) is 4.21 Å². The Balaban J connectivity index is 1.86. The highest BCUT2D eigenvalue weighted by Crippen LogP contribution is 2.05. The van der Waals surface area contributed by atoms with Crippen LogP contribution in [0.15, 0.2) is 17.1 Å². The van der Waals surface area contributed by atoms with Crippen molar-refractivity contribution in [3.8, 4) is 0 Å². The minimum absolute atomic E-state index is 0.595. The predicted octanol–water partition coefficient (Wildman–Crippen LogP) is 0.239. The summed E-state index contributed by atoms with van der Waals surface area (Å²) in [7, 11) is -0.595. The van der Waals surface area contributed by atoms with Crippen LogP contribution in [-0.4, -0.2) is 38.7 Å². The van der Waals surface area contributed by atoms with Crippen molar-refractivity contribution in [2.24, 2.45) is 0 Å². The summed E-state index contributed by atoms with van der Waals surface area (Å²) in [6.45, 7) is 2.62. The number of oxazole rings is 1. The molecule has 1 aromatic rings. The third kappa shape index (κ3) is 2.38. The van der Waals surface area contributed by atoms with Crippen LogP contribution in [0.4, 0.5) is 0 Å². The molecule has 5 heteroatoms. The highest BCUT2D eigenvalue weighted by molar-refractivity contribution is 7.85. The summed E-state index contributed by atoms with van der Waals surface area (Å²) in [6.07, 6.45) is 3.10. The largest absolute Gasteiger partial charge is 0.451 e. The summed E-state index contributed by atoms with van der Waals surface area (Å²) in [5.41, 5.74) is 0.952. The summed E-state index contributed by atoms with van der Waals surface area (Å²) in [5.74, 6) is 1.58. The molecule has 13 heavy (non-hydrogen) atoms. The maximum absolute atomic E-state index is 11.1. The first-order valence-electron chi connectivity index (χ1n) is 4.29. The zero-order chi connectivity index (χ0) is 9.10. The van der Waals surface area contributed by atoms with Gasteiger partial charge in [0.15, 0.2) is 6.39 Å². The Hall–Kier alpha value is -0.680. The second-order valence-corrected chi connectivity index (χ2v) is 4.80. The first kappa shape index (κ1) is 8.90. The molecule has 0 spiro atoms. The van der Waals surface area contributed by atoms with Gasteiger partial charge >= 0.3 is 0 Å². The van der Waals surface area contributed by atoms with Gasteiger partial charge in [-0.1, -0.05) is 0 Å². The molecule has 0 amide bonds. The number of hydrogen-bond donors (Lipinski definition) is 0. The molecule has 0 aromatic carbocycles. The minimum Gasteiger partial charge on any atom is -0.451 e. The molecule has 0 atom stereocenters. The molecule has 72 valence electrons. The molecule has 0 saturated carbocycles. The van der Waals surface area contributed by atoms with Crippen LogP contribution in [-0.2, 0) is 17.3 Å². The third-order valence-electron chi connectivity index (χ3n) is 2.14. The summed E-state index contributed by atoms with van der Waals surface area (Å²) in [4.78, 5) is 6.29. The van der Waals surface area contributed by atoms with E-state index in [-0.39, 0.29) is 0 Å². The summed E-state index contributed by atoms with van der Waals surface area (Å²) in [5, 5.41) is 0. The van der Waals surface area contributed by atoms with Gasteiger partial charge in [-0.05, 0) is 0 Å². The van der Waals surface area contributed by atoms with Crippen molar-refractivity contribution in [2.75, 3.05) is 24.6 Å². The van der Waals surface area contributed by atoms with E-state index in [1.54, 1.807) is 6.26 Å². The quantitative estimate of drug-likeness (QED) is 0.686. The molecule has 2 heterocycles. The van der Waals surface area contributed by atoms with Crippen molar-refractivity contribution < 1.29 is 8.63 Å². The fourth-order valence-corrected chi connectivity index (χ4v) is 2.51. The normalized spacial score (nSPS) is 20.6. The highest BCUT2D eigenvalue weighted by atomic mass is 32.2. The molecule has 0 aliphatic carbocycles. The Kier molecular flexibility index (Phi) is 2.75. The van der Waals surface area contributed by atoms with Gasteiger partial charge < -0.3 is 4.42 Å². The fraction of sp³-hybridized carbons (Fsp3) is 0.625. The first-order valence-corrected chi connectivity index (χ1v) is 5.78. The second-order valence-electron chi connectivity index (χ2n) is 3.10. The van der Waals surface area contributed by atoms with Gasteiger partial charge in [0, 0.05) is 41.9 Å². The van der Waals surface area contributed by atoms with Gasteiger partial charge in [0.05, 0.1) is 5.69 Å². The van der Waals surface area contributed by atoms with Crippen LogP contribution < -0.4 is 0 Å². The topological polar surface area (TPSA) is 46.3 Å². The van der Waals surface area contributed by atoms with Crippen LogP contribution in [0.3, 0.4) is 0 Å². The van der Waals surface area contributed by atoms with Crippen LogP contribution in [0.25, 0.3) is 0 Å². The van der Waals surface area contributed by atoms with E-state index < -0.39 is 10.8 Å². The molecule has 4 nitrogen and oxygen atoms in total. The number of rotatable bonds is 2. The monoisotopic (exact) mass is 200 g/mol. The molecule has 0 N–H and O–H groups in total. The summed E-state index contributed by atoms with van der Waals surface area (Å²) in [6, 6.07) is 0. The van der Waals surface area contributed by atoms with E-state index in [4.69, 9.17) is 4.42 Å². The predicted molar refractivity (Wildman–Crippen MR) is 49.7 cm³/mol. The molecule has 0 radical (unpaired) electrons. The van der Waals surface area contributed by atoms with Crippen molar-refractivity contribution in [3.05, 3.63) is 18.4 Å². The Morgan fingerprint density at radius 3 is 2.92 bits per heavy atom. The van der Waals surface area contributed by atoms with Gasteiger partial charge in [0.25, 0.3) is 0 Å². The van der Waals surface area contributed by atoms with Crippen molar-refractivity contribution in [1.29, 1.82) is 0 Å². The summed E-state index contributed by atoms with van der Waals surface area (Å²) >= 11 is 0. The lowest BCUT2D eigenvalue weighted by atomic mass is 10.4. The molecule has 1 aliphatic heterocycles. The van der Waals surface area contributed by atoms with Crippen LogP contribution in [0, 0.1) is 0 Å². The van der Waals surface area contributed by atoms with Gasteiger partial charge in [-0.15, -0.1) is 0 Å². The number of hydrogen-bond acceptors (Lipinski definition) is 4. The molecule has 1 saturated heterocycles. The van der Waals surface area contributed by atoms with Gasteiger partial charge in [-0.3, -0.25) is 9.11 Å². The highest BCUT2D eigenvalue weighted by Gasteiger charge is 2.15. The van der Waals surface area contributed by atoms with Gasteiger partial charge in [0.1, 0.15) is 6.26 Å². The average Bonchev–Trinajstić information content (AvgIpc) is 2.62. The smallest absolute Gasteiger partial charge is 0.180 e. The van der Waals surface area contributed by atoms with Crippen molar-refractivity contribution in [1.82, 2.24) is 9.88 Å². The minimum atomic E-state index is -0.595. The Labute approximate surface area is 79.4 Å². The SMILES string of the molecule is O=S1CCN(Cc2cocn2)CC1. The maximum Gasteiger partial charge on any atom is 0.180 e. The zero-order valence-electron chi connectivity index (χ0n) is 7.31. The van der Waals surface area contributed by atoms with Crippen LogP contribution >= 0.6 is 0 Å². The maximum atomic E-state index is 11.1. The lowest BCUT2D eigenvalue weighted by Gasteiger charge is -2.24. The lowest BCUT2D eigenvalue weighted by molar-refractivity contribution is 0.288. The van der Waals surface area contributed by atoms with E-state index >= 15 is 0 Å². The van der Waals surface area contributed by atoms with E-state index in [1.165, 1.54) is 6.39 Å². The average molecular weight is 200 g/mol. The fourth-order valence-electron chi connectivity index (χ4n) is 1.38. The van der Waals surface area contributed by atoms with Crippen molar-refractivity contribution in [2.45, 2.75) is 6.54 Å². The Morgan fingerprint density at radius 2 is 2.31 bits per heavy atom.